The largest absolute Gasteiger partial charge is 0.409 e. The first-order chi connectivity index (χ1) is 14.8. The fourth-order valence-electron chi connectivity index (χ4n) is 3.95. The lowest BCUT2D eigenvalue weighted by molar-refractivity contribution is -0.170. The van der Waals surface area contributed by atoms with Crippen LogP contribution in [0.5, 0.6) is 0 Å². The minimum atomic E-state index is -4.61. The van der Waals surface area contributed by atoms with Crippen molar-refractivity contribution in [3.05, 3.63) is 46.5 Å². The van der Waals surface area contributed by atoms with E-state index in [1.165, 1.54) is 17.2 Å². The maximum Gasteiger partial charge on any atom is 0.409 e. The Morgan fingerprint density at radius 3 is 2.77 bits per heavy atom. The SMILES string of the molecule is C[C@@H]1COCCN1c1cc(=O)n2c(n1)N(CC(=O)c1ccccn1)CCC2C(F)(F)F. The number of pyridine rings is 1. The van der Waals surface area contributed by atoms with Crippen LogP contribution in [0, 0.1) is 0 Å². The molecule has 2 aliphatic heterocycles. The van der Waals surface area contributed by atoms with E-state index in [-0.39, 0.29) is 48.8 Å². The summed E-state index contributed by atoms with van der Waals surface area (Å²) in [5.41, 5.74) is -0.594. The van der Waals surface area contributed by atoms with Gasteiger partial charge in [0.05, 0.1) is 25.8 Å². The van der Waals surface area contributed by atoms with Gasteiger partial charge in [0.25, 0.3) is 5.56 Å². The molecule has 4 rings (SSSR count). The number of carbonyl (C=O) groups is 1. The quantitative estimate of drug-likeness (QED) is 0.678. The Labute approximate surface area is 176 Å². The van der Waals surface area contributed by atoms with Crippen LogP contribution in [-0.4, -0.2) is 65.4 Å². The second-order valence-corrected chi connectivity index (χ2v) is 7.65. The van der Waals surface area contributed by atoms with Gasteiger partial charge in [-0.25, -0.2) is 0 Å². The van der Waals surface area contributed by atoms with E-state index in [2.05, 4.69) is 9.97 Å². The van der Waals surface area contributed by atoms with E-state index >= 15 is 0 Å². The van der Waals surface area contributed by atoms with E-state index in [0.29, 0.717) is 24.3 Å². The van der Waals surface area contributed by atoms with Crippen LogP contribution in [0.15, 0.2) is 35.3 Å². The van der Waals surface area contributed by atoms with Crippen LogP contribution in [0.25, 0.3) is 0 Å². The predicted molar refractivity (Wildman–Crippen MR) is 107 cm³/mol. The molecule has 4 heterocycles. The number of morpholine rings is 1. The molecule has 0 bridgehead atoms. The van der Waals surface area contributed by atoms with Gasteiger partial charge < -0.3 is 14.5 Å². The highest BCUT2D eigenvalue weighted by molar-refractivity contribution is 5.97. The molecule has 0 spiro atoms. The van der Waals surface area contributed by atoms with Crippen molar-refractivity contribution < 1.29 is 22.7 Å². The summed E-state index contributed by atoms with van der Waals surface area (Å²) >= 11 is 0. The molecule has 166 valence electrons. The van der Waals surface area contributed by atoms with Crippen molar-refractivity contribution in [3.8, 4) is 0 Å². The molecule has 31 heavy (non-hydrogen) atoms. The second kappa shape index (κ2) is 8.29. The molecule has 2 aromatic heterocycles. The van der Waals surface area contributed by atoms with E-state index in [4.69, 9.17) is 4.74 Å². The third-order valence-electron chi connectivity index (χ3n) is 5.51. The molecule has 0 aliphatic carbocycles. The average molecular weight is 437 g/mol. The normalized spacial score (nSPS) is 21.7. The number of nitrogens with zero attached hydrogens (tertiary/aromatic N) is 5. The fraction of sp³-hybridized carbons (Fsp3) is 0.500. The van der Waals surface area contributed by atoms with Crippen molar-refractivity contribution in [2.45, 2.75) is 31.6 Å². The number of rotatable bonds is 4. The molecule has 2 aromatic rings. The third kappa shape index (κ3) is 4.27. The maximum atomic E-state index is 13.7. The zero-order valence-corrected chi connectivity index (χ0v) is 16.9. The van der Waals surface area contributed by atoms with Crippen molar-refractivity contribution in [2.75, 3.05) is 42.6 Å². The van der Waals surface area contributed by atoms with Crippen LogP contribution in [0.1, 0.15) is 29.9 Å². The van der Waals surface area contributed by atoms with Crippen LogP contribution >= 0.6 is 0 Å². The van der Waals surface area contributed by atoms with Crippen molar-refractivity contribution in [2.24, 2.45) is 0 Å². The van der Waals surface area contributed by atoms with Gasteiger partial charge >= 0.3 is 6.18 Å². The Hall–Kier alpha value is -2.95. The number of alkyl halides is 3. The van der Waals surface area contributed by atoms with Gasteiger partial charge in [-0.1, -0.05) is 6.07 Å². The van der Waals surface area contributed by atoms with E-state index in [9.17, 15) is 22.8 Å². The summed E-state index contributed by atoms with van der Waals surface area (Å²) in [4.78, 5) is 37.2. The van der Waals surface area contributed by atoms with E-state index in [0.717, 1.165) is 6.07 Å². The summed E-state index contributed by atoms with van der Waals surface area (Å²) in [6.07, 6.45) is -3.48. The molecule has 0 saturated carbocycles. The Balaban J connectivity index is 1.74. The summed E-state index contributed by atoms with van der Waals surface area (Å²) < 4.78 is 47.0. The van der Waals surface area contributed by atoms with E-state index in [1.54, 1.807) is 12.1 Å². The monoisotopic (exact) mass is 437 g/mol. The number of halogens is 3. The lowest BCUT2D eigenvalue weighted by Crippen LogP contribution is -2.49. The summed E-state index contributed by atoms with van der Waals surface area (Å²) in [5.74, 6) is -0.235. The summed E-state index contributed by atoms with van der Waals surface area (Å²) in [5, 5.41) is 0. The van der Waals surface area contributed by atoms with Gasteiger partial charge in [-0.2, -0.15) is 18.2 Å². The molecule has 0 radical (unpaired) electrons. The summed E-state index contributed by atoms with van der Waals surface area (Å²) in [6.45, 7) is 2.92. The number of ether oxygens (including phenoxy) is 1. The Morgan fingerprint density at radius 1 is 1.29 bits per heavy atom. The first kappa shape index (κ1) is 21.3. The van der Waals surface area contributed by atoms with E-state index < -0.39 is 17.8 Å². The van der Waals surface area contributed by atoms with Gasteiger partial charge in [0.1, 0.15) is 17.6 Å². The van der Waals surface area contributed by atoms with Crippen LogP contribution < -0.4 is 15.4 Å². The first-order valence-electron chi connectivity index (χ1n) is 9.99. The number of Topliss-reactive ketones (excluding diaryl/α,β-unsaturated/α-hetero) is 1. The molecule has 2 aliphatic rings. The van der Waals surface area contributed by atoms with Crippen molar-refractivity contribution >= 4 is 17.5 Å². The topological polar surface area (TPSA) is 80.6 Å². The van der Waals surface area contributed by atoms with Crippen molar-refractivity contribution in [1.82, 2.24) is 14.5 Å². The number of ketones is 1. The van der Waals surface area contributed by atoms with Crippen LogP contribution in [-0.2, 0) is 4.74 Å². The fourth-order valence-corrected chi connectivity index (χ4v) is 3.95. The molecular formula is C20H22F3N5O3. The molecule has 8 nitrogen and oxygen atoms in total. The zero-order chi connectivity index (χ0) is 22.2. The number of hydrogen-bond acceptors (Lipinski definition) is 7. The van der Waals surface area contributed by atoms with Gasteiger partial charge in [0, 0.05) is 25.4 Å². The van der Waals surface area contributed by atoms with Crippen LogP contribution in [0.2, 0.25) is 0 Å². The number of aromatic nitrogens is 3. The van der Waals surface area contributed by atoms with E-state index in [1.807, 2.05) is 11.8 Å². The van der Waals surface area contributed by atoms with Gasteiger partial charge in [0.2, 0.25) is 5.95 Å². The van der Waals surface area contributed by atoms with Gasteiger partial charge in [-0.05, 0) is 25.5 Å². The van der Waals surface area contributed by atoms with Crippen LogP contribution in [0.3, 0.4) is 0 Å². The molecule has 2 atom stereocenters. The predicted octanol–water partition coefficient (Wildman–Crippen LogP) is 2.06. The van der Waals surface area contributed by atoms with Gasteiger partial charge in [-0.15, -0.1) is 0 Å². The Bertz CT molecular complexity index is 1010. The average Bonchev–Trinajstić information content (AvgIpc) is 2.74. The van der Waals surface area contributed by atoms with Crippen molar-refractivity contribution in [1.29, 1.82) is 0 Å². The molecule has 1 saturated heterocycles. The first-order valence-corrected chi connectivity index (χ1v) is 9.99. The highest BCUT2D eigenvalue weighted by Crippen LogP contribution is 2.38. The molecular weight excluding hydrogens is 415 g/mol. The Kier molecular flexibility index (Phi) is 5.69. The number of carbonyl (C=O) groups excluding carboxylic acids is 1. The maximum absolute atomic E-state index is 13.7. The molecule has 0 amide bonds. The van der Waals surface area contributed by atoms with Crippen molar-refractivity contribution in [3.63, 3.8) is 0 Å². The minimum Gasteiger partial charge on any atom is -0.377 e. The molecule has 0 aromatic carbocycles. The molecule has 1 unspecified atom stereocenters. The molecule has 11 heteroatoms. The minimum absolute atomic E-state index is 0.0582. The van der Waals surface area contributed by atoms with Gasteiger partial charge in [0.15, 0.2) is 5.78 Å². The Morgan fingerprint density at radius 2 is 2.10 bits per heavy atom. The highest BCUT2D eigenvalue weighted by Gasteiger charge is 2.46. The zero-order valence-electron chi connectivity index (χ0n) is 16.9. The third-order valence-corrected chi connectivity index (χ3v) is 5.51. The van der Waals surface area contributed by atoms with Crippen LogP contribution in [0.4, 0.5) is 24.9 Å². The number of fused-ring (bicyclic) bond motifs is 1. The second-order valence-electron chi connectivity index (χ2n) is 7.65. The number of hydrogen-bond donors (Lipinski definition) is 0. The standard InChI is InChI=1S/C20H22F3N5O3/c1-13-12-31-9-8-27(13)17-10-18(30)28-16(20(21,22)23)5-7-26(19(28)25-17)11-15(29)14-4-2-3-6-24-14/h2-4,6,10,13,16H,5,7-9,11-12H2,1H3/t13-,16?/m1/s1. The summed E-state index contributed by atoms with van der Waals surface area (Å²) in [6, 6.07) is 3.92. The smallest absolute Gasteiger partial charge is 0.377 e. The number of anilines is 2. The highest BCUT2D eigenvalue weighted by atomic mass is 19.4. The molecule has 1 fully saturated rings. The lowest BCUT2D eigenvalue weighted by atomic mass is 10.1. The molecule has 0 N–H and O–H groups in total. The lowest BCUT2D eigenvalue weighted by Gasteiger charge is -2.38. The summed E-state index contributed by atoms with van der Waals surface area (Å²) in [7, 11) is 0. The van der Waals surface area contributed by atoms with Gasteiger partial charge in [-0.3, -0.25) is 19.1 Å².